The van der Waals surface area contributed by atoms with E-state index in [-0.39, 0.29) is 32.6 Å². The molecule has 2 atom stereocenters. The van der Waals surface area contributed by atoms with Gasteiger partial charge in [0.2, 0.25) is 0 Å². The number of hydrogen-bond acceptors (Lipinski definition) is 8. The highest BCUT2D eigenvalue weighted by Crippen LogP contribution is 2.43. The van der Waals surface area contributed by atoms with Crippen LogP contribution >= 0.6 is 7.82 Å². The van der Waals surface area contributed by atoms with Gasteiger partial charge in [-0.05, 0) is 128 Å². The number of nitrogens with two attached hydrogens (primary N) is 1. The van der Waals surface area contributed by atoms with Crippen molar-refractivity contribution in [3.8, 4) is 0 Å². The zero-order chi connectivity index (χ0) is 55.9. The van der Waals surface area contributed by atoms with Gasteiger partial charge in [-0.15, -0.1) is 0 Å². The van der Waals surface area contributed by atoms with Crippen LogP contribution in [0.1, 0.15) is 206 Å². The van der Waals surface area contributed by atoms with Crippen LogP contribution in [-0.4, -0.2) is 49.3 Å². The molecule has 0 bridgehead atoms. The first-order chi connectivity index (χ1) is 37.8. The average molecular weight is 1080 g/mol. The molecule has 77 heavy (non-hydrogen) atoms. The molecule has 0 amide bonds. The van der Waals surface area contributed by atoms with Crippen LogP contribution in [0.25, 0.3) is 0 Å². The van der Waals surface area contributed by atoms with Crippen molar-refractivity contribution in [1.29, 1.82) is 0 Å². The highest BCUT2D eigenvalue weighted by Gasteiger charge is 2.26. The maximum atomic E-state index is 12.7. The molecule has 0 aromatic heterocycles. The van der Waals surface area contributed by atoms with Crippen molar-refractivity contribution in [2.45, 2.75) is 213 Å². The Morgan fingerprint density at radius 2 is 0.675 bits per heavy atom. The summed E-state index contributed by atoms with van der Waals surface area (Å²) in [5, 5.41) is 0. The number of unbranched alkanes of at least 4 members (excludes halogenated alkanes) is 12. The summed E-state index contributed by atoms with van der Waals surface area (Å²) in [5.74, 6) is -0.876. The summed E-state index contributed by atoms with van der Waals surface area (Å²) < 4.78 is 33.0. The van der Waals surface area contributed by atoms with E-state index in [9.17, 15) is 19.0 Å². The molecule has 0 saturated heterocycles. The van der Waals surface area contributed by atoms with Crippen LogP contribution < -0.4 is 5.73 Å². The van der Waals surface area contributed by atoms with Crippen molar-refractivity contribution in [2.24, 2.45) is 5.73 Å². The second kappa shape index (κ2) is 60.6. The molecule has 9 nitrogen and oxygen atoms in total. The summed E-state index contributed by atoms with van der Waals surface area (Å²) in [6.07, 6.45) is 89.8. The zero-order valence-electron chi connectivity index (χ0n) is 48.1. The molecule has 0 aliphatic rings. The number of ether oxygens (including phenoxy) is 2. The summed E-state index contributed by atoms with van der Waals surface area (Å²) in [6.45, 7) is 3.45. The number of hydrogen-bond donors (Lipinski definition) is 2. The highest BCUT2D eigenvalue weighted by atomic mass is 31.2. The molecule has 0 aliphatic heterocycles. The summed E-state index contributed by atoms with van der Waals surface area (Å²) in [6, 6.07) is 0. The molecular formula is C67H106NO8P. The van der Waals surface area contributed by atoms with Crippen LogP contribution in [-0.2, 0) is 32.7 Å². The molecule has 0 saturated carbocycles. The Labute approximate surface area is 470 Å². The third-order valence-electron chi connectivity index (χ3n) is 11.6. The smallest absolute Gasteiger partial charge is 0.462 e. The maximum Gasteiger partial charge on any atom is 0.472 e. The molecule has 0 heterocycles. The first-order valence-electron chi connectivity index (χ1n) is 29.6. The molecule has 0 fully saturated rings. The van der Waals surface area contributed by atoms with Gasteiger partial charge in [-0.3, -0.25) is 18.6 Å². The third-order valence-corrected chi connectivity index (χ3v) is 12.6. The molecule has 0 spiro atoms. The standard InChI is InChI=1S/C67H106NO8P/c1-3-5-7-9-11-13-15-17-19-21-22-23-24-25-26-27-28-29-30-31-32-33-34-35-36-37-38-39-40-41-42-44-46-48-50-52-54-56-58-60-67(70)76-65(64-75-77(71,72)74-62-61-68)63-73-66(69)59-57-55-53-51-49-47-45-43-20-18-16-14-12-10-8-6-4-2/h5-8,11-14,17-20,22-23,25-26,28-29,31-32,34-35,37-38,40-41,44,46,65H,3-4,9-10,15-16,21,24,27,30,33,36,39,42-43,45,47-64,68H2,1-2H3,(H,71,72)/b7-5-,8-6-,13-11-,14-12-,19-17-,20-18-,23-22-,26-25-,29-28-,32-31-,35-34-,38-37-,41-40-,46-44-. The second-order valence-corrected chi connectivity index (χ2v) is 20.2. The SMILES string of the molecule is CC/C=C\C/C=C\C/C=C\C/C=C\C/C=C\C/C=C\C/C=C\C/C=C\C/C=C\C/C=C\C/C=C\CCCCCCCC(=O)OC(COC(=O)CCCCCCCCC/C=C\C/C=C\C/C=C\CC)COP(=O)(O)OCCN. The lowest BCUT2D eigenvalue weighted by Crippen LogP contribution is -2.29. The Balaban J connectivity index is 4.07. The van der Waals surface area contributed by atoms with E-state index in [0.717, 1.165) is 148 Å². The van der Waals surface area contributed by atoms with Gasteiger partial charge in [-0.1, -0.05) is 235 Å². The van der Waals surface area contributed by atoms with Crippen LogP contribution in [0.2, 0.25) is 0 Å². The lowest BCUT2D eigenvalue weighted by Gasteiger charge is -2.19. The number of allylic oxidation sites excluding steroid dienone is 28. The van der Waals surface area contributed by atoms with Gasteiger partial charge in [0.25, 0.3) is 0 Å². The van der Waals surface area contributed by atoms with Gasteiger partial charge < -0.3 is 20.1 Å². The first-order valence-corrected chi connectivity index (χ1v) is 31.1. The fraction of sp³-hybridized carbons (Fsp3) is 0.552. The predicted octanol–water partition coefficient (Wildman–Crippen LogP) is 19.1. The van der Waals surface area contributed by atoms with Gasteiger partial charge in [0.1, 0.15) is 6.61 Å². The second-order valence-electron chi connectivity index (χ2n) is 18.7. The fourth-order valence-corrected chi connectivity index (χ4v) is 8.07. The summed E-state index contributed by atoms with van der Waals surface area (Å²) in [4.78, 5) is 35.1. The minimum absolute atomic E-state index is 0.0391. The van der Waals surface area contributed by atoms with E-state index in [1.54, 1.807) is 0 Å². The Bertz CT molecular complexity index is 1860. The van der Waals surface area contributed by atoms with E-state index in [1.165, 1.54) is 19.3 Å². The lowest BCUT2D eigenvalue weighted by atomic mass is 10.1. The van der Waals surface area contributed by atoms with Crippen LogP contribution in [0.3, 0.4) is 0 Å². The van der Waals surface area contributed by atoms with Crippen molar-refractivity contribution in [3.63, 3.8) is 0 Å². The van der Waals surface area contributed by atoms with Crippen molar-refractivity contribution in [2.75, 3.05) is 26.4 Å². The maximum absolute atomic E-state index is 12.7. The van der Waals surface area contributed by atoms with Gasteiger partial charge in [0.05, 0.1) is 13.2 Å². The molecule has 0 aliphatic carbocycles. The lowest BCUT2D eigenvalue weighted by molar-refractivity contribution is -0.161. The van der Waals surface area contributed by atoms with Gasteiger partial charge in [-0.25, -0.2) is 4.57 Å². The summed E-state index contributed by atoms with van der Waals surface area (Å²) >= 11 is 0. The van der Waals surface area contributed by atoms with E-state index >= 15 is 0 Å². The molecule has 0 aromatic carbocycles. The molecule has 0 radical (unpaired) electrons. The van der Waals surface area contributed by atoms with E-state index in [1.807, 2.05) is 0 Å². The van der Waals surface area contributed by atoms with Crippen LogP contribution in [0.4, 0.5) is 0 Å². The highest BCUT2D eigenvalue weighted by molar-refractivity contribution is 7.47. The minimum atomic E-state index is -4.41. The van der Waals surface area contributed by atoms with Crippen molar-refractivity contribution in [1.82, 2.24) is 0 Å². The summed E-state index contributed by atoms with van der Waals surface area (Å²) in [5.41, 5.74) is 5.37. The quantitative estimate of drug-likeness (QED) is 0.0264. The Kier molecular flexibility index (Phi) is 57.0. The van der Waals surface area contributed by atoms with Crippen LogP contribution in [0.15, 0.2) is 170 Å². The van der Waals surface area contributed by atoms with E-state index < -0.39 is 32.5 Å². The molecule has 0 aromatic rings. The summed E-state index contributed by atoms with van der Waals surface area (Å²) in [7, 11) is -4.41. The van der Waals surface area contributed by atoms with Gasteiger partial charge in [0.15, 0.2) is 6.10 Å². The fourth-order valence-electron chi connectivity index (χ4n) is 7.30. The molecule has 10 heteroatoms. The monoisotopic (exact) mass is 1080 g/mol. The number of phosphoric ester groups is 1. The normalized spacial score (nSPS) is 14.3. The minimum Gasteiger partial charge on any atom is -0.462 e. The predicted molar refractivity (Wildman–Crippen MR) is 329 cm³/mol. The van der Waals surface area contributed by atoms with Crippen molar-refractivity contribution >= 4 is 19.8 Å². The van der Waals surface area contributed by atoms with Crippen molar-refractivity contribution in [3.05, 3.63) is 170 Å². The van der Waals surface area contributed by atoms with Crippen LogP contribution in [0.5, 0.6) is 0 Å². The third kappa shape index (κ3) is 60.5. The van der Waals surface area contributed by atoms with E-state index in [2.05, 4.69) is 184 Å². The molecule has 3 N–H and O–H groups in total. The first kappa shape index (κ1) is 72.4. The number of carbonyl (C=O) groups is 2. The van der Waals surface area contributed by atoms with E-state index in [0.29, 0.717) is 12.8 Å². The number of rotatable bonds is 53. The Morgan fingerprint density at radius 1 is 0.390 bits per heavy atom. The van der Waals surface area contributed by atoms with Gasteiger partial charge in [0, 0.05) is 19.4 Å². The topological polar surface area (TPSA) is 134 Å². The van der Waals surface area contributed by atoms with Gasteiger partial charge >= 0.3 is 19.8 Å². The molecular weight excluding hydrogens is 978 g/mol. The molecule has 2 unspecified atom stereocenters. The number of carbonyl (C=O) groups excluding carboxylic acids is 2. The number of esters is 2. The Hall–Kier alpha value is -4.63. The zero-order valence-corrected chi connectivity index (χ0v) is 49.0. The largest absolute Gasteiger partial charge is 0.472 e. The number of phosphoric acid groups is 1. The van der Waals surface area contributed by atoms with Crippen molar-refractivity contribution < 1.29 is 37.6 Å². The molecule has 432 valence electrons. The van der Waals surface area contributed by atoms with E-state index in [4.69, 9.17) is 24.3 Å². The Morgan fingerprint density at radius 3 is 1.00 bits per heavy atom. The average Bonchev–Trinajstić information content (AvgIpc) is 3.42. The van der Waals surface area contributed by atoms with Gasteiger partial charge in [-0.2, -0.15) is 0 Å². The van der Waals surface area contributed by atoms with Crippen LogP contribution in [0, 0.1) is 0 Å². The molecule has 0 rings (SSSR count).